The fraction of sp³-hybridized carbons (Fsp3) is 0.263. The van der Waals surface area contributed by atoms with Crippen molar-refractivity contribution in [2.24, 2.45) is 0 Å². The van der Waals surface area contributed by atoms with E-state index in [1.54, 1.807) is 18.2 Å². The number of pyridine rings is 1. The molecule has 0 saturated heterocycles. The molecule has 0 fully saturated rings. The van der Waals surface area contributed by atoms with Crippen LogP contribution in [0.15, 0.2) is 53.5 Å². The molecular formula is C19H20N4O3. The van der Waals surface area contributed by atoms with Crippen molar-refractivity contribution in [1.82, 2.24) is 9.38 Å². The lowest BCUT2D eigenvalue weighted by Crippen LogP contribution is -2.26. The van der Waals surface area contributed by atoms with E-state index in [-0.39, 0.29) is 11.9 Å². The highest BCUT2D eigenvalue weighted by atomic mass is 16.6. The molecule has 26 heavy (non-hydrogen) atoms. The normalized spacial score (nSPS) is 12.1. The van der Waals surface area contributed by atoms with Crippen molar-refractivity contribution in [3.63, 3.8) is 0 Å². The number of nitrogens with zero attached hydrogens (tertiary/aromatic N) is 3. The van der Waals surface area contributed by atoms with Gasteiger partial charge in [0, 0.05) is 12.2 Å². The number of benzene rings is 1. The molecule has 7 heteroatoms. The molecule has 0 radical (unpaired) electrons. The molecule has 134 valence electrons. The molecule has 3 aromatic rings. The van der Waals surface area contributed by atoms with Crippen molar-refractivity contribution in [3.05, 3.63) is 80.3 Å². The van der Waals surface area contributed by atoms with Crippen molar-refractivity contribution in [2.45, 2.75) is 32.7 Å². The molecule has 1 aromatic carbocycles. The summed E-state index contributed by atoms with van der Waals surface area (Å²) in [5.74, 6) is 0.0187. The van der Waals surface area contributed by atoms with E-state index in [4.69, 9.17) is 0 Å². The second-order valence-corrected chi connectivity index (χ2v) is 6.24. The summed E-state index contributed by atoms with van der Waals surface area (Å²) < 4.78 is 1.18. The number of hydrogen-bond acceptors (Lipinski definition) is 5. The number of hydrogen-bond donors (Lipinski definition) is 1. The van der Waals surface area contributed by atoms with Gasteiger partial charge in [0.05, 0.1) is 4.92 Å². The molecule has 1 atom stereocenters. The summed E-state index contributed by atoms with van der Waals surface area (Å²) in [6, 6.07) is 13.1. The molecule has 3 rings (SSSR count). The number of anilines is 1. The van der Waals surface area contributed by atoms with Gasteiger partial charge in [0.2, 0.25) is 5.82 Å². The minimum absolute atomic E-state index is 0.0187. The zero-order valence-corrected chi connectivity index (χ0v) is 14.7. The van der Waals surface area contributed by atoms with Gasteiger partial charge >= 0.3 is 11.2 Å². The number of nitrogens with one attached hydrogen (secondary N) is 1. The Morgan fingerprint density at radius 2 is 1.96 bits per heavy atom. The maximum absolute atomic E-state index is 12.5. The van der Waals surface area contributed by atoms with Crippen molar-refractivity contribution < 1.29 is 4.92 Å². The van der Waals surface area contributed by atoms with Crippen LogP contribution in [-0.4, -0.2) is 20.3 Å². The molecule has 0 spiro atoms. The summed E-state index contributed by atoms with van der Waals surface area (Å²) in [5.41, 5.74) is 1.45. The number of fused-ring (bicyclic) bond motifs is 1. The highest BCUT2D eigenvalue weighted by Crippen LogP contribution is 2.21. The SMILES string of the molecule is CCC(Cc1ccc(C)cc1)Nc1nc2ccccn2c(=O)c1[N+](=O)[O-]. The van der Waals surface area contributed by atoms with Gasteiger partial charge in [0.25, 0.3) is 0 Å². The third-order valence-corrected chi connectivity index (χ3v) is 4.33. The molecule has 0 bridgehead atoms. The van der Waals surface area contributed by atoms with Crippen LogP contribution in [0.1, 0.15) is 24.5 Å². The van der Waals surface area contributed by atoms with Crippen LogP contribution in [0.3, 0.4) is 0 Å². The fourth-order valence-electron chi connectivity index (χ4n) is 2.84. The Bertz CT molecular complexity index is 996. The maximum atomic E-state index is 12.5. The Labute approximate surface area is 150 Å². The van der Waals surface area contributed by atoms with Crippen LogP contribution in [0.2, 0.25) is 0 Å². The Kier molecular flexibility index (Phi) is 4.97. The Balaban J connectivity index is 1.97. The van der Waals surface area contributed by atoms with Crippen molar-refractivity contribution in [1.29, 1.82) is 0 Å². The lowest BCUT2D eigenvalue weighted by molar-refractivity contribution is -0.385. The van der Waals surface area contributed by atoms with Crippen LogP contribution in [0, 0.1) is 17.0 Å². The molecule has 7 nitrogen and oxygen atoms in total. The zero-order valence-electron chi connectivity index (χ0n) is 14.7. The standard InChI is InChI=1S/C19H20N4O3/c1-3-15(12-14-9-7-13(2)8-10-14)20-18-17(23(25)26)19(24)22-11-5-4-6-16(22)21-18/h4-11,15,20H,3,12H2,1-2H3. The maximum Gasteiger partial charge on any atom is 0.376 e. The Morgan fingerprint density at radius 1 is 1.23 bits per heavy atom. The van der Waals surface area contributed by atoms with Gasteiger partial charge in [0.15, 0.2) is 0 Å². The van der Waals surface area contributed by atoms with Gasteiger partial charge in [-0.2, -0.15) is 0 Å². The smallest absolute Gasteiger partial charge is 0.361 e. The van der Waals surface area contributed by atoms with Gasteiger partial charge < -0.3 is 5.32 Å². The zero-order chi connectivity index (χ0) is 18.7. The highest BCUT2D eigenvalue weighted by Gasteiger charge is 2.25. The number of rotatable bonds is 6. The van der Waals surface area contributed by atoms with E-state index < -0.39 is 16.2 Å². The van der Waals surface area contributed by atoms with Crippen LogP contribution < -0.4 is 10.9 Å². The highest BCUT2D eigenvalue weighted by molar-refractivity contribution is 5.60. The topological polar surface area (TPSA) is 89.5 Å². The van der Waals surface area contributed by atoms with Gasteiger partial charge in [-0.1, -0.05) is 42.8 Å². The summed E-state index contributed by atoms with van der Waals surface area (Å²) in [4.78, 5) is 27.6. The minimum Gasteiger partial charge on any atom is -0.361 e. The Hall–Kier alpha value is -3.22. The second kappa shape index (κ2) is 7.35. The average Bonchev–Trinajstić information content (AvgIpc) is 2.62. The van der Waals surface area contributed by atoms with Gasteiger partial charge in [0.1, 0.15) is 5.65 Å². The first-order valence-electron chi connectivity index (χ1n) is 8.47. The molecule has 1 unspecified atom stereocenters. The van der Waals surface area contributed by atoms with E-state index in [1.807, 2.05) is 38.1 Å². The van der Waals surface area contributed by atoms with Crippen molar-refractivity contribution in [2.75, 3.05) is 5.32 Å². The Morgan fingerprint density at radius 3 is 2.62 bits per heavy atom. The van der Waals surface area contributed by atoms with E-state index in [0.29, 0.717) is 12.1 Å². The monoisotopic (exact) mass is 352 g/mol. The van der Waals surface area contributed by atoms with Gasteiger partial charge in [-0.25, -0.2) is 4.98 Å². The first kappa shape index (κ1) is 17.6. The van der Waals surface area contributed by atoms with Crippen LogP contribution >= 0.6 is 0 Å². The second-order valence-electron chi connectivity index (χ2n) is 6.24. The summed E-state index contributed by atoms with van der Waals surface area (Å²) in [6.07, 6.45) is 2.90. The third kappa shape index (κ3) is 3.56. The molecule has 1 N–H and O–H groups in total. The largest absolute Gasteiger partial charge is 0.376 e. The average molecular weight is 352 g/mol. The van der Waals surface area contributed by atoms with Gasteiger partial charge in [-0.05, 0) is 37.5 Å². The number of nitro groups is 1. The molecule has 0 saturated carbocycles. The predicted molar refractivity (Wildman–Crippen MR) is 101 cm³/mol. The van der Waals surface area contributed by atoms with E-state index in [2.05, 4.69) is 10.3 Å². The summed E-state index contributed by atoms with van der Waals surface area (Å²) in [5, 5.41) is 14.6. The third-order valence-electron chi connectivity index (χ3n) is 4.33. The van der Waals surface area contributed by atoms with E-state index in [0.717, 1.165) is 12.0 Å². The van der Waals surface area contributed by atoms with Gasteiger partial charge in [-0.3, -0.25) is 19.3 Å². The molecule has 0 aliphatic carbocycles. The predicted octanol–water partition coefficient (Wildman–Crippen LogP) is 3.34. The van der Waals surface area contributed by atoms with Crippen LogP contribution in [-0.2, 0) is 6.42 Å². The molecule has 0 aliphatic rings. The quantitative estimate of drug-likeness (QED) is 0.543. The van der Waals surface area contributed by atoms with Crippen molar-refractivity contribution in [3.8, 4) is 0 Å². The summed E-state index contributed by atoms with van der Waals surface area (Å²) >= 11 is 0. The molecule has 2 aromatic heterocycles. The summed E-state index contributed by atoms with van der Waals surface area (Å²) in [6.45, 7) is 4.01. The lowest BCUT2D eigenvalue weighted by Gasteiger charge is -2.18. The number of aryl methyl sites for hydroxylation is 1. The van der Waals surface area contributed by atoms with Gasteiger partial charge in [-0.15, -0.1) is 0 Å². The molecule has 0 aliphatic heterocycles. The molecular weight excluding hydrogens is 332 g/mol. The van der Waals surface area contributed by atoms with Crippen molar-refractivity contribution >= 4 is 17.2 Å². The van der Waals surface area contributed by atoms with E-state index in [1.165, 1.54) is 16.2 Å². The minimum atomic E-state index is -0.687. The van der Waals surface area contributed by atoms with Crippen LogP contribution in [0.25, 0.3) is 5.65 Å². The first-order valence-corrected chi connectivity index (χ1v) is 8.47. The summed E-state index contributed by atoms with van der Waals surface area (Å²) in [7, 11) is 0. The fourth-order valence-corrected chi connectivity index (χ4v) is 2.84. The first-order chi connectivity index (χ1) is 12.5. The molecule has 0 amide bonds. The van der Waals surface area contributed by atoms with Crippen LogP contribution in [0.5, 0.6) is 0 Å². The van der Waals surface area contributed by atoms with E-state index >= 15 is 0 Å². The number of aromatic nitrogens is 2. The lowest BCUT2D eigenvalue weighted by atomic mass is 10.0. The molecule has 2 heterocycles. The van der Waals surface area contributed by atoms with Crippen LogP contribution in [0.4, 0.5) is 11.5 Å². The van der Waals surface area contributed by atoms with E-state index in [9.17, 15) is 14.9 Å².